The molecule has 0 radical (unpaired) electrons. The average Bonchev–Trinajstić information content (AvgIpc) is 2.66. The SMILES string of the molecule is C=C[C@H]1C[C@]12N=C(C(F)(F)F)OC2=O. The van der Waals surface area contributed by atoms with Crippen LogP contribution in [0, 0.1) is 5.92 Å². The molecule has 3 nitrogen and oxygen atoms in total. The second kappa shape index (κ2) is 2.37. The highest BCUT2D eigenvalue weighted by Gasteiger charge is 2.66. The lowest BCUT2D eigenvalue weighted by Crippen LogP contribution is -2.24. The van der Waals surface area contributed by atoms with E-state index in [1.165, 1.54) is 6.08 Å². The first kappa shape index (κ1) is 9.23. The van der Waals surface area contributed by atoms with Crippen LogP contribution in [0.25, 0.3) is 0 Å². The lowest BCUT2D eigenvalue weighted by atomic mass is 10.2. The Hall–Kier alpha value is -1.33. The number of esters is 1. The molecule has 1 saturated carbocycles. The van der Waals surface area contributed by atoms with Gasteiger partial charge in [0.1, 0.15) is 0 Å². The molecular weight excluding hydrogens is 199 g/mol. The topological polar surface area (TPSA) is 38.7 Å². The number of nitrogens with zero attached hydrogens (tertiary/aromatic N) is 1. The van der Waals surface area contributed by atoms with Crippen molar-refractivity contribution >= 4 is 11.9 Å². The lowest BCUT2D eigenvalue weighted by molar-refractivity contribution is -0.140. The van der Waals surface area contributed by atoms with E-state index in [0.29, 0.717) is 0 Å². The molecular formula is C8H6F3NO2. The van der Waals surface area contributed by atoms with Gasteiger partial charge in [-0.25, -0.2) is 9.79 Å². The summed E-state index contributed by atoms with van der Waals surface area (Å²) in [6, 6.07) is 0. The lowest BCUT2D eigenvalue weighted by Gasteiger charge is -2.02. The summed E-state index contributed by atoms with van der Waals surface area (Å²) in [6.07, 6.45) is -3.01. The zero-order chi connectivity index (χ0) is 10.6. The van der Waals surface area contributed by atoms with Crippen molar-refractivity contribution in [1.82, 2.24) is 0 Å². The molecule has 6 heteroatoms. The van der Waals surface area contributed by atoms with Gasteiger partial charge in [-0.1, -0.05) is 6.08 Å². The largest absolute Gasteiger partial charge is 0.468 e. The monoisotopic (exact) mass is 205 g/mol. The van der Waals surface area contributed by atoms with Gasteiger partial charge in [0, 0.05) is 5.92 Å². The van der Waals surface area contributed by atoms with Gasteiger partial charge in [0.2, 0.25) is 0 Å². The van der Waals surface area contributed by atoms with Crippen molar-refractivity contribution < 1.29 is 22.7 Å². The number of ether oxygens (including phenoxy) is 1. The van der Waals surface area contributed by atoms with E-state index < -0.39 is 23.6 Å². The molecule has 1 spiro atoms. The van der Waals surface area contributed by atoms with Gasteiger partial charge in [-0.2, -0.15) is 13.2 Å². The molecule has 0 unspecified atom stereocenters. The number of cyclic esters (lactones) is 1. The molecule has 0 bridgehead atoms. The number of carbonyl (C=O) groups excluding carboxylic acids is 1. The van der Waals surface area contributed by atoms with Crippen LogP contribution in [0.2, 0.25) is 0 Å². The standard InChI is InChI=1S/C8H6F3NO2/c1-2-4-3-7(4)6(13)14-5(12-7)8(9,10)11/h2,4H,1,3H2/t4-,7-/m0/s1. The van der Waals surface area contributed by atoms with Gasteiger partial charge in [-0.05, 0) is 6.42 Å². The molecule has 0 aromatic carbocycles. The van der Waals surface area contributed by atoms with E-state index in [9.17, 15) is 18.0 Å². The molecule has 0 aromatic rings. The fourth-order valence-electron chi connectivity index (χ4n) is 1.46. The predicted octanol–water partition coefficient (Wildman–Crippen LogP) is 1.45. The summed E-state index contributed by atoms with van der Waals surface area (Å²) in [6.45, 7) is 3.41. The summed E-state index contributed by atoms with van der Waals surface area (Å²) in [5.41, 5.74) is -1.31. The number of alkyl halides is 3. The third-order valence-electron chi connectivity index (χ3n) is 2.36. The van der Waals surface area contributed by atoms with E-state index in [1.54, 1.807) is 0 Å². The summed E-state index contributed by atoms with van der Waals surface area (Å²) >= 11 is 0. The van der Waals surface area contributed by atoms with E-state index in [-0.39, 0.29) is 12.3 Å². The number of hydrogen-bond donors (Lipinski definition) is 0. The van der Waals surface area contributed by atoms with Crippen molar-refractivity contribution in [2.45, 2.75) is 18.1 Å². The Bertz CT molecular complexity index is 347. The maximum Gasteiger partial charge on any atom is 0.468 e. The molecule has 14 heavy (non-hydrogen) atoms. The maximum atomic E-state index is 12.1. The second-order valence-electron chi connectivity index (χ2n) is 3.27. The average molecular weight is 205 g/mol. The number of rotatable bonds is 1. The van der Waals surface area contributed by atoms with Crippen LogP contribution in [0.15, 0.2) is 17.6 Å². The second-order valence-corrected chi connectivity index (χ2v) is 3.27. The number of halogens is 3. The fraction of sp³-hybridized carbons (Fsp3) is 0.500. The molecule has 0 amide bonds. The smallest absolute Gasteiger partial charge is 0.401 e. The van der Waals surface area contributed by atoms with Crippen LogP contribution in [0.5, 0.6) is 0 Å². The van der Waals surface area contributed by atoms with Gasteiger partial charge in [0.15, 0.2) is 5.54 Å². The Kier molecular flexibility index (Phi) is 1.56. The first-order chi connectivity index (χ1) is 6.40. The van der Waals surface area contributed by atoms with Crippen LogP contribution >= 0.6 is 0 Å². The van der Waals surface area contributed by atoms with Gasteiger partial charge < -0.3 is 4.74 Å². The van der Waals surface area contributed by atoms with Crippen LogP contribution < -0.4 is 0 Å². The summed E-state index contributed by atoms with van der Waals surface area (Å²) in [4.78, 5) is 14.4. The Balaban J connectivity index is 2.28. The minimum Gasteiger partial charge on any atom is -0.401 e. The third-order valence-corrected chi connectivity index (χ3v) is 2.36. The summed E-state index contributed by atoms with van der Waals surface area (Å²) < 4.78 is 40.4. The summed E-state index contributed by atoms with van der Waals surface area (Å²) in [5, 5.41) is 0. The molecule has 2 aliphatic rings. The number of carbonyl (C=O) groups is 1. The predicted molar refractivity (Wildman–Crippen MR) is 40.6 cm³/mol. The number of aliphatic imine (C=N–C) groups is 1. The Morgan fingerprint density at radius 2 is 2.29 bits per heavy atom. The Morgan fingerprint density at radius 1 is 1.64 bits per heavy atom. The highest BCUT2D eigenvalue weighted by molar-refractivity contribution is 6.04. The van der Waals surface area contributed by atoms with Crippen molar-refractivity contribution in [2.24, 2.45) is 10.9 Å². The highest BCUT2D eigenvalue weighted by atomic mass is 19.4. The van der Waals surface area contributed by atoms with Crippen molar-refractivity contribution in [3.63, 3.8) is 0 Å². The maximum absolute atomic E-state index is 12.1. The van der Waals surface area contributed by atoms with E-state index in [1.807, 2.05) is 0 Å². The molecule has 1 fully saturated rings. The molecule has 0 N–H and O–H groups in total. The Morgan fingerprint density at radius 3 is 2.64 bits per heavy atom. The zero-order valence-electron chi connectivity index (χ0n) is 6.97. The first-order valence-corrected chi connectivity index (χ1v) is 3.92. The van der Waals surface area contributed by atoms with Crippen LogP contribution in [0.3, 0.4) is 0 Å². The van der Waals surface area contributed by atoms with Crippen LogP contribution in [0.4, 0.5) is 13.2 Å². The molecule has 1 heterocycles. The molecule has 1 aliphatic heterocycles. The van der Waals surface area contributed by atoms with Gasteiger partial charge in [-0.3, -0.25) is 0 Å². The van der Waals surface area contributed by atoms with Crippen LogP contribution in [-0.4, -0.2) is 23.6 Å². The molecule has 2 atom stereocenters. The van der Waals surface area contributed by atoms with E-state index in [2.05, 4.69) is 16.3 Å². The van der Waals surface area contributed by atoms with E-state index in [4.69, 9.17) is 0 Å². The van der Waals surface area contributed by atoms with Crippen molar-refractivity contribution in [2.75, 3.05) is 0 Å². The fourth-order valence-corrected chi connectivity index (χ4v) is 1.46. The number of hydrogen-bond acceptors (Lipinski definition) is 3. The van der Waals surface area contributed by atoms with E-state index in [0.717, 1.165) is 0 Å². The van der Waals surface area contributed by atoms with Gasteiger partial charge in [0.05, 0.1) is 0 Å². The molecule has 1 aliphatic carbocycles. The summed E-state index contributed by atoms with van der Waals surface area (Å²) in [5.74, 6) is -2.68. The van der Waals surface area contributed by atoms with Crippen LogP contribution in [-0.2, 0) is 9.53 Å². The molecule has 76 valence electrons. The highest BCUT2D eigenvalue weighted by Crippen LogP contribution is 2.52. The van der Waals surface area contributed by atoms with Crippen molar-refractivity contribution in [3.8, 4) is 0 Å². The quantitative estimate of drug-likeness (QED) is 0.480. The van der Waals surface area contributed by atoms with E-state index >= 15 is 0 Å². The van der Waals surface area contributed by atoms with Crippen molar-refractivity contribution in [3.05, 3.63) is 12.7 Å². The molecule has 2 rings (SSSR count). The minimum atomic E-state index is -4.69. The first-order valence-electron chi connectivity index (χ1n) is 3.92. The third kappa shape index (κ3) is 1.06. The zero-order valence-corrected chi connectivity index (χ0v) is 6.97. The van der Waals surface area contributed by atoms with Gasteiger partial charge in [-0.15, -0.1) is 6.58 Å². The normalized spacial score (nSPS) is 35.5. The Labute approximate surface area is 77.3 Å². The minimum absolute atomic E-state index is 0.259. The van der Waals surface area contributed by atoms with Crippen LogP contribution in [0.1, 0.15) is 6.42 Å². The van der Waals surface area contributed by atoms with Gasteiger partial charge >= 0.3 is 18.0 Å². The van der Waals surface area contributed by atoms with Gasteiger partial charge in [0.25, 0.3) is 0 Å². The summed E-state index contributed by atoms with van der Waals surface area (Å²) in [7, 11) is 0. The van der Waals surface area contributed by atoms with Crippen molar-refractivity contribution in [1.29, 1.82) is 0 Å². The molecule has 0 aromatic heterocycles. The molecule has 0 saturated heterocycles.